The van der Waals surface area contributed by atoms with Gasteiger partial charge in [0.15, 0.2) is 0 Å². The van der Waals surface area contributed by atoms with Crippen molar-refractivity contribution in [1.82, 2.24) is 9.78 Å². The molecule has 1 aromatic heterocycles. The molecule has 0 aromatic carbocycles. The van der Waals surface area contributed by atoms with E-state index in [0.29, 0.717) is 22.6 Å². The standard InChI is InChI=1S/C13H21BrN4O2/c1-7(2)6-18-13(20)10(14)9(5-16-18)17-11(8(3)4)12(15)19/h5,7-8,11,17H,6H2,1-4H3,(H2,15,19). The molecule has 0 radical (unpaired) electrons. The highest BCUT2D eigenvalue weighted by molar-refractivity contribution is 9.10. The highest BCUT2D eigenvalue weighted by atomic mass is 79.9. The van der Waals surface area contributed by atoms with Gasteiger partial charge in [0.1, 0.15) is 10.5 Å². The van der Waals surface area contributed by atoms with E-state index in [2.05, 4.69) is 26.3 Å². The van der Waals surface area contributed by atoms with Crippen molar-refractivity contribution in [1.29, 1.82) is 0 Å². The maximum absolute atomic E-state index is 12.1. The summed E-state index contributed by atoms with van der Waals surface area (Å²) in [7, 11) is 0. The number of nitrogens with zero attached hydrogens (tertiary/aromatic N) is 2. The van der Waals surface area contributed by atoms with Crippen LogP contribution in [0.1, 0.15) is 27.7 Å². The zero-order valence-corrected chi connectivity index (χ0v) is 13.8. The lowest BCUT2D eigenvalue weighted by atomic mass is 10.0. The average Bonchev–Trinajstić information content (AvgIpc) is 2.32. The van der Waals surface area contributed by atoms with Gasteiger partial charge in [-0.15, -0.1) is 0 Å². The molecule has 0 aliphatic carbocycles. The molecule has 112 valence electrons. The van der Waals surface area contributed by atoms with Gasteiger partial charge in [0, 0.05) is 6.54 Å². The van der Waals surface area contributed by atoms with E-state index in [0.717, 1.165) is 0 Å². The van der Waals surface area contributed by atoms with Crippen molar-refractivity contribution in [3.8, 4) is 0 Å². The number of nitrogens with two attached hydrogens (primary N) is 1. The second-order valence-electron chi connectivity index (χ2n) is 5.52. The second kappa shape index (κ2) is 6.88. The molecule has 1 heterocycles. The van der Waals surface area contributed by atoms with Crippen molar-refractivity contribution >= 4 is 27.5 Å². The lowest BCUT2D eigenvalue weighted by Gasteiger charge is -2.21. The van der Waals surface area contributed by atoms with Gasteiger partial charge in [0.25, 0.3) is 5.56 Å². The van der Waals surface area contributed by atoms with Crippen molar-refractivity contribution in [3.63, 3.8) is 0 Å². The highest BCUT2D eigenvalue weighted by Crippen LogP contribution is 2.19. The molecule has 0 spiro atoms. The third-order valence-corrected chi connectivity index (χ3v) is 3.57. The SMILES string of the molecule is CC(C)Cn1ncc(NC(C(N)=O)C(C)C)c(Br)c1=O. The fourth-order valence-corrected chi connectivity index (χ4v) is 2.20. The topological polar surface area (TPSA) is 90.0 Å². The van der Waals surface area contributed by atoms with Crippen LogP contribution in [-0.4, -0.2) is 21.7 Å². The van der Waals surface area contributed by atoms with Crippen LogP contribution >= 0.6 is 15.9 Å². The number of hydrogen-bond acceptors (Lipinski definition) is 4. The molecular weight excluding hydrogens is 324 g/mol. The Hall–Kier alpha value is -1.37. The summed E-state index contributed by atoms with van der Waals surface area (Å²) in [6.07, 6.45) is 1.53. The molecule has 1 amide bonds. The van der Waals surface area contributed by atoms with Gasteiger partial charge in [-0.05, 0) is 27.8 Å². The van der Waals surface area contributed by atoms with Crippen LogP contribution < -0.4 is 16.6 Å². The first-order valence-corrected chi connectivity index (χ1v) is 7.34. The summed E-state index contributed by atoms with van der Waals surface area (Å²) in [4.78, 5) is 23.5. The number of anilines is 1. The number of rotatable bonds is 6. The number of carbonyl (C=O) groups is 1. The first-order valence-electron chi connectivity index (χ1n) is 6.55. The highest BCUT2D eigenvalue weighted by Gasteiger charge is 2.21. The minimum absolute atomic E-state index is 0.0116. The lowest BCUT2D eigenvalue weighted by Crippen LogP contribution is -2.40. The summed E-state index contributed by atoms with van der Waals surface area (Å²) in [5, 5.41) is 7.08. The van der Waals surface area contributed by atoms with Crippen molar-refractivity contribution in [3.05, 3.63) is 21.0 Å². The molecule has 0 aliphatic rings. The maximum Gasteiger partial charge on any atom is 0.283 e. The van der Waals surface area contributed by atoms with Gasteiger partial charge in [0.05, 0.1) is 11.9 Å². The Bertz CT molecular complexity index is 540. The summed E-state index contributed by atoms with van der Waals surface area (Å²) in [6.45, 7) is 8.32. The van der Waals surface area contributed by atoms with Gasteiger partial charge >= 0.3 is 0 Å². The summed E-state index contributed by atoms with van der Waals surface area (Å²) in [5.41, 5.74) is 5.60. The molecule has 0 bridgehead atoms. The Morgan fingerprint density at radius 2 is 2.05 bits per heavy atom. The fraction of sp³-hybridized carbons (Fsp3) is 0.615. The molecule has 1 atom stereocenters. The van der Waals surface area contributed by atoms with E-state index in [9.17, 15) is 9.59 Å². The minimum atomic E-state index is -0.548. The van der Waals surface area contributed by atoms with Crippen LogP contribution in [0, 0.1) is 11.8 Å². The van der Waals surface area contributed by atoms with Gasteiger partial charge in [-0.1, -0.05) is 27.7 Å². The monoisotopic (exact) mass is 344 g/mol. The number of nitrogens with one attached hydrogen (secondary N) is 1. The van der Waals surface area contributed by atoms with Crippen molar-refractivity contribution in [2.75, 3.05) is 5.32 Å². The number of amides is 1. The minimum Gasteiger partial charge on any atom is -0.371 e. The Balaban J connectivity index is 3.07. The molecule has 1 rings (SSSR count). The van der Waals surface area contributed by atoms with Gasteiger partial charge < -0.3 is 11.1 Å². The van der Waals surface area contributed by atoms with Crippen molar-refractivity contribution in [2.24, 2.45) is 17.6 Å². The summed E-state index contributed by atoms with van der Waals surface area (Å²) in [5.74, 6) is -0.129. The van der Waals surface area contributed by atoms with E-state index in [-0.39, 0.29) is 11.5 Å². The number of halogens is 1. The Morgan fingerprint density at radius 3 is 2.50 bits per heavy atom. The molecule has 3 N–H and O–H groups in total. The zero-order chi connectivity index (χ0) is 15.4. The molecule has 0 saturated carbocycles. The van der Waals surface area contributed by atoms with Crippen molar-refractivity contribution < 1.29 is 4.79 Å². The van der Waals surface area contributed by atoms with E-state index in [1.165, 1.54) is 10.9 Å². The molecule has 1 unspecified atom stereocenters. The summed E-state index contributed by atoms with van der Waals surface area (Å²) in [6, 6.07) is -0.548. The maximum atomic E-state index is 12.1. The van der Waals surface area contributed by atoms with Gasteiger partial charge in [-0.3, -0.25) is 9.59 Å². The van der Waals surface area contributed by atoms with E-state index >= 15 is 0 Å². The van der Waals surface area contributed by atoms with Gasteiger partial charge in [-0.2, -0.15) is 5.10 Å². The smallest absolute Gasteiger partial charge is 0.283 e. The van der Waals surface area contributed by atoms with E-state index < -0.39 is 11.9 Å². The fourth-order valence-electron chi connectivity index (χ4n) is 1.78. The third kappa shape index (κ3) is 4.06. The lowest BCUT2D eigenvalue weighted by molar-refractivity contribution is -0.119. The molecule has 1 aromatic rings. The number of hydrogen-bond donors (Lipinski definition) is 2. The summed E-state index contributed by atoms with van der Waals surface area (Å²) < 4.78 is 1.76. The molecule has 20 heavy (non-hydrogen) atoms. The quantitative estimate of drug-likeness (QED) is 0.819. The largest absolute Gasteiger partial charge is 0.371 e. The zero-order valence-electron chi connectivity index (χ0n) is 12.2. The molecule has 6 nitrogen and oxygen atoms in total. The van der Waals surface area contributed by atoms with Crippen LogP contribution in [0.3, 0.4) is 0 Å². The molecule has 7 heteroatoms. The molecular formula is C13H21BrN4O2. The van der Waals surface area contributed by atoms with Crippen LogP contribution in [0.25, 0.3) is 0 Å². The molecule has 0 aliphatic heterocycles. The van der Waals surface area contributed by atoms with Crippen LogP contribution in [0.15, 0.2) is 15.5 Å². The van der Waals surface area contributed by atoms with Crippen LogP contribution in [0.2, 0.25) is 0 Å². The Kier molecular flexibility index (Phi) is 5.74. The first-order chi connectivity index (χ1) is 9.23. The predicted octanol–water partition coefficient (Wildman–Crippen LogP) is 1.58. The van der Waals surface area contributed by atoms with Gasteiger partial charge in [-0.25, -0.2) is 4.68 Å². The van der Waals surface area contributed by atoms with Crippen LogP contribution in [-0.2, 0) is 11.3 Å². The number of primary amides is 1. The average molecular weight is 345 g/mol. The van der Waals surface area contributed by atoms with E-state index in [1.807, 2.05) is 27.7 Å². The third-order valence-electron chi connectivity index (χ3n) is 2.81. The van der Waals surface area contributed by atoms with Crippen LogP contribution in [0.4, 0.5) is 5.69 Å². The molecule has 0 fully saturated rings. The van der Waals surface area contributed by atoms with E-state index in [4.69, 9.17) is 5.73 Å². The number of carbonyl (C=O) groups excluding carboxylic acids is 1. The predicted molar refractivity (Wildman–Crippen MR) is 82.5 cm³/mol. The second-order valence-corrected chi connectivity index (χ2v) is 6.31. The number of aromatic nitrogens is 2. The van der Waals surface area contributed by atoms with E-state index in [1.54, 1.807) is 0 Å². The Labute approximate surface area is 126 Å². The van der Waals surface area contributed by atoms with Crippen molar-refractivity contribution in [2.45, 2.75) is 40.3 Å². The molecule has 0 saturated heterocycles. The summed E-state index contributed by atoms with van der Waals surface area (Å²) >= 11 is 3.26. The van der Waals surface area contributed by atoms with Gasteiger partial charge in [0.2, 0.25) is 5.91 Å². The van der Waals surface area contributed by atoms with Crippen LogP contribution in [0.5, 0.6) is 0 Å². The normalized spacial score (nSPS) is 12.8. The first kappa shape index (κ1) is 16.7. The Morgan fingerprint density at radius 1 is 1.45 bits per heavy atom.